The molecule has 30 heavy (non-hydrogen) atoms. The zero-order chi connectivity index (χ0) is 21.9. The summed E-state index contributed by atoms with van der Waals surface area (Å²) in [4.78, 5) is 31.5. The molecule has 166 valence electrons. The van der Waals surface area contributed by atoms with Gasteiger partial charge in [0.05, 0.1) is 18.7 Å². The number of nitrogens with zero attached hydrogens (tertiary/aromatic N) is 3. The molecule has 0 spiro atoms. The Hall–Kier alpha value is -2.28. The number of ether oxygens (including phenoxy) is 2. The Morgan fingerprint density at radius 2 is 1.80 bits per heavy atom. The van der Waals surface area contributed by atoms with Gasteiger partial charge in [0.15, 0.2) is 0 Å². The van der Waals surface area contributed by atoms with Crippen LogP contribution in [0.2, 0.25) is 0 Å². The fourth-order valence-electron chi connectivity index (χ4n) is 4.34. The van der Waals surface area contributed by atoms with Gasteiger partial charge in [-0.25, -0.2) is 9.59 Å². The molecule has 3 amide bonds. The molecule has 1 aromatic rings. The topological polar surface area (TPSA) is 62.3 Å². The third-order valence-electron chi connectivity index (χ3n) is 5.81. The quantitative estimate of drug-likeness (QED) is 0.729. The van der Waals surface area contributed by atoms with Crippen LogP contribution in [-0.2, 0) is 9.47 Å². The molecule has 2 aliphatic rings. The van der Waals surface area contributed by atoms with Gasteiger partial charge in [-0.3, -0.25) is 0 Å². The highest BCUT2D eigenvalue weighted by molar-refractivity contribution is 5.78. The molecule has 2 saturated heterocycles. The molecule has 2 aliphatic heterocycles. The SMILES string of the molecule is COC[C@@H](C)N1C[C@@H](c2ccccc2)N(C2CCN(C(=O)OC(C)(C)C)CC2)C1=O. The van der Waals surface area contributed by atoms with Gasteiger partial charge in [-0.1, -0.05) is 30.3 Å². The minimum absolute atomic E-state index is 0.0103. The van der Waals surface area contributed by atoms with Crippen LogP contribution in [0.3, 0.4) is 0 Å². The zero-order valence-corrected chi connectivity index (χ0v) is 18.8. The smallest absolute Gasteiger partial charge is 0.410 e. The van der Waals surface area contributed by atoms with Crippen molar-refractivity contribution in [2.75, 3.05) is 33.4 Å². The number of hydrogen-bond acceptors (Lipinski definition) is 4. The maximum absolute atomic E-state index is 13.4. The van der Waals surface area contributed by atoms with Crippen molar-refractivity contribution in [2.45, 2.75) is 64.3 Å². The molecule has 0 unspecified atom stereocenters. The summed E-state index contributed by atoms with van der Waals surface area (Å²) in [6.07, 6.45) is 1.23. The lowest BCUT2D eigenvalue weighted by atomic mass is 9.99. The van der Waals surface area contributed by atoms with Gasteiger partial charge < -0.3 is 24.2 Å². The predicted octanol–water partition coefficient (Wildman–Crippen LogP) is 3.90. The summed E-state index contributed by atoms with van der Waals surface area (Å²) in [6.45, 7) is 10.0. The molecule has 2 atom stereocenters. The van der Waals surface area contributed by atoms with Gasteiger partial charge in [-0.2, -0.15) is 0 Å². The molecule has 2 fully saturated rings. The lowest BCUT2D eigenvalue weighted by molar-refractivity contribution is 0.0157. The summed E-state index contributed by atoms with van der Waals surface area (Å²) in [5, 5.41) is 0. The molecule has 0 saturated carbocycles. The van der Waals surface area contributed by atoms with Crippen molar-refractivity contribution in [1.29, 1.82) is 0 Å². The minimum Gasteiger partial charge on any atom is -0.444 e. The molecule has 0 N–H and O–H groups in total. The lowest BCUT2D eigenvalue weighted by Gasteiger charge is -2.39. The molecular weight excluding hydrogens is 382 g/mol. The average molecular weight is 418 g/mol. The number of urea groups is 1. The Morgan fingerprint density at radius 3 is 2.37 bits per heavy atom. The Bertz CT molecular complexity index is 726. The standard InChI is InChI=1S/C23H35N3O4/c1-17(16-29-5)25-15-20(18-9-7-6-8-10-18)26(21(25)27)19-11-13-24(14-12-19)22(28)30-23(2,3)4/h6-10,17,19-20H,11-16H2,1-5H3/t17-,20+/m1/s1. The lowest BCUT2D eigenvalue weighted by Crippen LogP contribution is -2.50. The number of rotatable bonds is 5. The van der Waals surface area contributed by atoms with Crippen LogP contribution in [0.5, 0.6) is 0 Å². The van der Waals surface area contributed by atoms with Crippen LogP contribution < -0.4 is 0 Å². The van der Waals surface area contributed by atoms with Gasteiger partial charge in [-0.05, 0) is 46.1 Å². The molecule has 7 heteroatoms. The van der Waals surface area contributed by atoms with Gasteiger partial charge in [0, 0.05) is 32.8 Å². The first-order chi connectivity index (χ1) is 14.2. The van der Waals surface area contributed by atoms with E-state index in [1.54, 1.807) is 12.0 Å². The Morgan fingerprint density at radius 1 is 1.17 bits per heavy atom. The van der Waals surface area contributed by atoms with Crippen molar-refractivity contribution in [1.82, 2.24) is 14.7 Å². The van der Waals surface area contributed by atoms with Crippen molar-refractivity contribution in [3.8, 4) is 0 Å². The van der Waals surface area contributed by atoms with E-state index in [4.69, 9.17) is 9.47 Å². The van der Waals surface area contributed by atoms with E-state index < -0.39 is 5.60 Å². The second-order valence-electron chi connectivity index (χ2n) is 9.27. The second kappa shape index (κ2) is 9.25. The summed E-state index contributed by atoms with van der Waals surface area (Å²) < 4.78 is 10.8. The van der Waals surface area contributed by atoms with E-state index in [2.05, 4.69) is 12.1 Å². The van der Waals surface area contributed by atoms with Gasteiger partial charge in [0.1, 0.15) is 5.60 Å². The number of amides is 3. The predicted molar refractivity (Wildman–Crippen MR) is 115 cm³/mol. The van der Waals surface area contributed by atoms with E-state index in [1.165, 1.54) is 0 Å². The number of hydrogen-bond donors (Lipinski definition) is 0. The van der Waals surface area contributed by atoms with E-state index in [1.807, 2.05) is 55.7 Å². The van der Waals surface area contributed by atoms with Crippen molar-refractivity contribution in [3.05, 3.63) is 35.9 Å². The Labute approximate surface area is 179 Å². The van der Waals surface area contributed by atoms with E-state index in [0.717, 1.165) is 18.4 Å². The van der Waals surface area contributed by atoms with E-state index in [9.17, 15) is 9.59 Å². The first-order valence-electron chi connectivity index (χ1n) is 10.8. The average Bonchev–Trinajstić information content (AvgIpc) is 3.05. The fraction of sp³-hybridized carbons (Fsp3) is 0.652. The highest BCUT2D eigenvalue weighted by Gasteiger charge is 2.44. The first kappa shape index (κ1) is 22.4. The van der Waals surface area contributed by atoms with Gasteiger partial charge >= 0.3 is 12.1 Å². The molecule has 3 rings (SSSR count). The largest absolute Gasteiger partial charge is 0.444 e. The first-order valence-corrected chi connectivity index (χ1v) is 10.8. The van der Waals surface area contributed by atoms with Crippen molar-refractivity contribution in [3.63, 3.8) is 0 Å². The summed E-state index contributed by atoms with van der Waals surface area (Å²) in [6, 6.07) is 10.4. The van der Waals surface area contributed by atoms with Gasteiger partial charge in [-0.15, -0.1) is 0 Å². The highest BCUT2D eigenvalue weighted by atomic mass is 16.6. The van der Waals surface area contributed by atoms with Crippen LogP contribution in [0.1, 0.15) is 52.1 Å². The molecule has 0 aliphatic carbocycles. The van der Waals surface area contributed by atoms with Gasteiger partial charge in [0.2, 0.25) is 0 Å². The number of benzene rings is 1. The molecule has 2 heterocycles. The minimum atomic E-state index is -0.505. The number of methoxy groups -OCH3 is 1. The summed E-state index contributed by atoms with van der Waals surface area (Å²) in [5.41, 5.74) is 0.641. The van der Waals surface area contributed by atoms with Crippen LogP contribution >= 0.6 is 0 Å². The highest BCUT2D eigenvalue weighted by Crippen LogP contribution is 2.35. The third-order valence-corrected chi connectivity index (χ3v) is 5.81. The van der Waals surface area contributed by atoms with Crippen LogP contribution in [0.4, 0.5) is 9.59 Å². The maximum atomic E-state index is 13.4. The summed E-state index contributed by atoms with van der Waals surface area (Å²) in [5.74, 6) is 0. The molecule has 0 bridgehead atoms. The van der Waals surface area contributed by atoms with E-state index in [0.29, 0.717) is 26.2 Å². The van der Waals surface area contributed by atoms with E-state index in [-0.39, 0.29) is 30.2 Å². The molecule has 1 aromatic carbocycles. The number of carbonyl (C=O) groups excluding carboxylic acids is 2. The molecule has 0 aromatic heterocycles. The Balaban J connectivity index is 1.73. The van der Waals surface area contributed by atoms with Crippen molar-refractivity contribution in [2.24, 2.45) is 0 Å². The zero-order valence-electron chi connectivity index (χ0n) is 18.8. The summed E-state index contributed by atoms with van der Waals surface area (Å²) in [7, 11) is 1.66. The summed E-state index contributed by atoms with van der Waals surface area (Å²) >= 11 is 0. The van der Waals surface area contributed by atoms with Crippen molar-refractivity contribution >= 4 is 12.1 Å². The molecule has 0 radical (unpaired) electrons. The second-order valence-corrected chi connectivity index (χ2v) is 9.27. The Kier molecular flexibility index (Phi) is 6.91. The monoisotopic (exact) mass is 417 g/mol. The van der Waals surface area contributed by atoms with Crippen LogP contribution in [-0.4, -0.2) is 77.9 Å². The fourth-order valence-corrected chi connectivity index (χ4v) is 4.34. The van der Waals surface area contributed by atoms with Gasteiger partial charge in [0.25, 0.3) is 0 Å². The van der Waals surface area contributed by atoms with Crippen LogP contribution in [0.25, 0.3) is 0 Å². The third kappa shape index (κ3) is 5.06. The van der Waals surface area contributed by atoms with Crippen molar-refractivity contribution < 1.29 is 19.1 Å². The molecule has 7 nitrogen and oxygen atoms in total. The van der Waals surface area contributed by atoms with E-state index >= 15 is 0 Å². The normalized spacial score (nSPS) is 21.8. The number of piperidine rings is 1. The molecular formula is C23H35N3O4. The number of likely N-dealkylation sites (tertiary alicyclic amines) is 1. The number of carbonyl (C=O) groups is 2. The maximum Gasteiger partial charge on any atom is 0.410 e. The van der Waals surface area contributed by atoms with Crippen LogP contribution in [0.15, 0.2) is 30.3 Å². The van der Waals surface area contributed by atoms with Crippen LogP contribution in [0, 0.1) is 0 Å².